The van der Waals surface area contributed by atoms with Gasteiger partial charge in [0.25, 0.3) is 0 Å². The lowest BCUT2D eigenvalue weighted by atomic mass is 10.1. The number of halogens is 3. The van der Waals surface area contributed by atoms with Crippen molar-refractivity contribution in [2.75, 3.05) is 13.1 Å². The van der Waals surface area contributed by atoms with Crippen LogP contribution in [-0.4, -0.2) is 49.7 Å². The summed E-state index contributed by atoms with van der Waals surface area (Å²) in [4.78, 5) is 20.9. The van der Waals surface area contributed by atoms with Gasteiger partial charge in [0.2, 0.25) is 11.8 Å². The van der Waals surface area contributed by atoms with Gasteiger partial charge in [-0.05, 0) is 6.07 Å². The Morgan fingerprint density at radius 3 is 2.83 bits per heavy atom. The van der Waals surface area contributed by atoms with Gasteiger partial charge in [-0.1, -0.05) is 0 Å². The van der Waals surface area contributed by atoms with Gasteiger partial charge in [-0.2, -0.15) is 18.3 Å². The first-order chi connectivity index (χ1) is 10.9. The average Bonchev–Trinajstić information content (AvgIpc) is 2.94. The third kappa shape index (κ3) is 3.58. The Hall–Kier alpha value is -2.65. The molecule has 7 nitrogen and oxygen atoms in total. The molecule has 0 aromatic carbocycles. The molecule has 122 valence electrons. The van der Waals surface area contributed by atoms with Crippen LogP contribution in [0.4, 0.5) is 13.2 Å². The normalized spacial score (nSPS) is 15.3. The Morgan fingerprint density at radius 1 is 1.39 bits per heavy atom. The maximum Gasteiger partial charge on any atom is 0.416 e. The summed E-state index contributed by atoms with van der Waals surface area (Å²) in [5.74, 6) is -0.263. The third-order valence-electron chi connectivity index (χ3n) is 3.31. The third-order valence-corrected chi connectivity index (χ3v) is 3.31. The van der Waals surface area contributed by atoms with Crippen molar-refractivity contribution in [2.45, 2.75) is 18.8 Å². The first kappa shape index (κ1) is 15.3. The van der Waals surface area contributed by atoms with Gasteiger partial charge in [-0.25, -0.2) is 14.6 Å². The van der Waals surface area contributed by atoms with E-state index in [2.05, 4.69) is 15.1 Å². The summed E-state index contributed by atoms with van der Waals surface area (Å²) in [6, 6.07) is 1.72. The second kappa shape index (κ2) is 5.86. The highest BCUT2D eigenvalue weighted by atomic mass is 19.4. The van der Waals surface area contributed by atoms with Crippen molar-refractivity contribution >= 4 is 5.91 Å². The Balaban J connectivity index is 1.51. The second-order valence-electron chi connectivity index (χ2n) is 5.01. The van der Waals surface area contributed by atoms with Crippen molar-refractivity contribution in [3.8, 4) is 5.88 Å². The van der Waals surface area contributed by atoms with Crippen molar-refractivity contribution in [1.29, 1.82) is 0 Å². The number of carbonyl (C=O) groups is 1. The Kier molecular flexibility index (Phi) is 3.89. The molecule has 3 rings (SSSR count). The summed E-state index contributed by atoms with van der Waals surface area (Å²) in [5, 5.41) is 3.83. The molecule has 0 spiro atoms. The average molecular weight is 327 g/mol. The number of hydrogen-bond acceptors (Lipinski definition) is 5. The number of alkyl halides is 3. The van der Waals surface area contributed by atoms with Crippen molar-refractivity contribution in [3.05, 3.63) is 36.5 Å². The van der Waals surface area contributed by atoms with Gasteiger partial charge < -0.3 is 9.64 Å². The van der Waals surface area contributed by atoms with Crippen LogP contribution >= 0.6 is 0 Å². The predicted octanol–water partition coefficient (Wildman–Crippen LogP) is 0.982. The number of pyridine rings is 1. The van der Waals surface area contributed by atoms with Crippen LogP contribution in [0.2, 0.25) is 0 Å². The fourth-order valence-corrected chi connectivity index (χ4v) is 2.09. The molecule has 3 heterocycles. The summed E-state index contributed by atoms with van der Waals surface area (Å²) in [6.45, 7) is 0.658. The van der Waals surface area contributed by atoms with Gasteiger partial charge >= 0.3 is 6.18 Å². The molecule has 0 aliphatic carbocycles. The minimum Gasteiger partial charge on any atom is -0.471 e. The minimum absolute atomic E-state index is 0.0640. The topological polar surface area (TPSA) is 73.1 Å². The number of aromatic nitrogens is 4. The summed E-state index contributed by atoms with van der Waals surface area (Å²) in [5.41, 5.74) is -0.819. The molecule has 0 saturated carbocycles. The SMILES string of the molecule is O=C(Cn1cncn1)N1CC(Oc2cc(C(F)(F)F)ccn2)C1. The van der Waals surface area contributed by atoms with E-state index < -0.39 is 11.7 Å². The fraction of sp³-hybridized carbons (Fsp3) is 0.385. The summed E-state index contributed by atoms with van der Waals surface area (Å²) < 4.78 is 44.6. The van der Waals surface area contributed by atoms with E-state index in [1.54, 1.807) is 0 Å². The number of rotatable bonds is 4. The van der Waals surface area contributed by atoms with Crippen molar-refractivity contribution in [2.24, 2.45) is 0 Å². The lowest BCUT2D eigenvalue weighted by Crippen LogP contribution is -2.57. The van der Waals surface area contributed by atoms with Crippen LogP contribution in [0.15, 0.2) is 31.0 Å². The van der Waals surface area contributed by atoms with Gasteiger partial charge in [0.05, 0.1) is 18.7 Å². The zero-order chi connectivity index (χ0) is 16.4. The number of ether oxygens (including phenoxy) is 1. The van der Waals surface area contributed by atoms with Gasteiger partial charge in [0.15, 0.2) is 0 Å². The number of likely N-dealkylation sites (tertiary alicyclic amines) is 1. The van der Waals surface area contributed by atoms with E-state index in [0.717, 1.165) is 18.3 Å². The summed E-state index contributed by atoms with van der Waals surface area (Å²) >= 11 is 0. The van der Waals surface area contributed by atoms with Gasteiger partial charge in [-0.3, -0.25) is 4.79 Å². The van der Waals surface area contributed by atoms with Crippen molar-refractivity contribution < 1.29 is 22.7 Å². The molecule has 0 radical (unpaired) electrons. The van der Waals surface area contributed by atoms with E-state index in [1.165, 1.54) is 22.2 Å². The Labute approximate surface area is 128 Å². The van der Waals surface area contributed by atoms with Crippen LogP contribution in [0.5, 0.6) is 5.88 Å². The Bertz CT molecular complexity index is 683. The second-order valence-corrected chi connectivity index (χ2v) is 5.01. The lowest BCUT2D eigenvalue weighted by molar-refractivity contribution is -0.141. The zero-order valence-corrected chi connectivity index (χ0v) is 11.8. The molecule has 23 heavy (non-hydrogen) atoms. The van der Waals surface area contributed by atoms with Crippen LogP contribution in [0.1, 0.15) is 5.56 Å². The number of carbonyl (C=O) groups excluding carboxylic acids is 1. The van der Waals surface area contributed by atoms with E-state index in [-0.39, 0.29) is 24.4 Å². The first-order valence-corrected chi connectivity index (χ1v) is 6.72. The highest BCUT2D eigenvalue weighted by molar-refractivity contribution is 5.76. The smallest absolute Gasteiger partial charge is 0.416 e. The molecule has 1 aliphatic heterocycles. The van der Waals surface area contributed by atoms with Crippen LogP contribution in [-0.2, 0) is 17.5 Å². The maximum absolute atomic E-state index is 12.6. The molecule has 0 bridgehead atoms. The molecule has 0 unspecified atom stereocenters. The quantitative estimate of drug-likeness (QED) is 0.837. The van der Waals surface area contributed by atoms with Crippen LogP contribution in [0.25, 0.3) is 0 Å². The van der Waals surface area contributed by atoms with Crippen LogP contribution in [0.3, 0.4) is 0 Å². The van der Waals surface area contributed by atoms with Crippen LogP contribution < -0.4 is 4.74 Å². The maximum atomic E-state index is 12.6. The number of nitrogens with zero attached hydrogens (tertiary/aromatic N) is 5. The lowest BCUT2D eigenvalue weighted by Gasteiger charge is -2.38. The van der Waals surface area contributed by atoms with E-state index in [9.17, 15) is 18.0 Å². The molecule has 1 fully saturated rings. The zero-order valence-electron chi connectivity index (χ0n) is 11.8. The molecular formula is C13H12F3N5O2. The molecule has 1 saturated heterocycles. The molecule has 0 atom stereocenters. The van der Waals surface area contributed by atoms with Crippen molar-refractivity contribution in [3.63, 3.8) is 0 Å². The molecule has 1 aliphatic rings. The van der Waals surface area contributed by atoms with Crippen LogP contribution in [0, 0.1) is 0 Å². The molecule has 0 N–H and O–H groups in total. The monoisotopic (exact) mass is 327 g/mol. The Morgan fingerprint density at radius 2 is 2.17 bits per heavy atom. The standard InChI is InChI=1S/C13H12F3N5O2/c14-13(15,16)9-1-2-18-11(3-9)23-10-4-20(5-10)12(22)6-21-8-17-7-19-21/h1-3,7-8,10H,4-6H2. The van der Waals surface area contributed by atoms with Gasteiger partial charge in [0.1, 0.15) is 25.3 Å². The van der Waals surface area contributed by atoms with E-state index >= 15 is 0 Å². The minimum atomic E-state index is -4.44. The fourth-order valence-electron chi connectivity index (χ4n) is 2.09. The number of amides is 1. The summed E-state index contributed by atoms with van der Waals surface area (Å²) in [6.07, 6.45) is -1.01. The van der Waals surface area contributed by atoms with Gasteiger partial charge in [-0.15, -0.1) is 0 Å². The molecular weight excluding hydrogens is 315 g/mol. The van der Waals surface area contributed by atoms with Crippen molar-refractivity contribution in [1.82, 2.24) is 24.6 Å². The molecule has 2 aromatic heterocycles. The highest BCUT2D eigenvalue weighted by Crippen LogP contribution is 2.30. The number of hydrogen-bond donors (Lipinski definition) is 0. The predicted molar refractivity (Wildman–Crippen MR) is 70.3 cm³/mol. The molecule has 2 aromatic rings. The van der Waals surface area contributed by atoms with E-state index in [1.807, 2.05) is 0 Å². The summed E-state index contributed by atoms with van der Waals surface area (Å²) in [7, 11) is 0. The van der Waals surface area contributed by atoms with E-state index in [4.69, 9.17) is 4.74 Å². The van der Waals surface area contributed by atoms with Gasteiger partial charge in [0, 0.05) is 12.3 Å². The van der Waals surface area contributed by atoms with E-state index in [0.29, 0.717) is 13.1 Å². The molecule has 10 heteroatoms. The first-order valence-electron chi connectivity index (χ1n) is 6.72. The largest absolute Gasteiger partial charge is 0.471 e. The molecule has 1 amide bonds. The highest BCUT2D eigenvalue weighted by Gasteiger charge is 2.34.